The van der Waals surface area contributed by atoms with Crippen LogP contribution < -0.4 is 5.32 Å². The highest BCUT2D eigenvalue weighted by Crippen LogP contribution is 2.14. The molecule has 0 aromatic rings. The van der Waals surface area contributed by atoms with Crippen molar-refractivity contribution < 1.29 is 19.0 Å². The smallest absolute Gasteiger partial charge is 0.323 e. The highest BCUT2D eigenvalue weighted by Gasteiger charge is 2.30. The zero-order chi connectivity index (χ0) is 12.9. The number of hydrogen-bond donors (Lipinski definition) is 1. The molecule has 17 heavy (non-hydrogen) atoms. The Hall–Kier alpha value is -0.650. The van der Waals surface area contributed by atoms with Crippen molar-refractivity contribution in [3.8, 4) is 0 Å². The van der Waals surface area contributed by atoms with Crippen LogP contribution in [0.4, 0.5) is 0 Å². The standard InChI is InChI=1S/C12H23NO4/c1-12(2,16-4)5-6-17-11(14)10-7-9(15-3)8-13-10/h9-10,13H,5-8H2,1-4H3. The number of carbonyl (C=O) groups excluding carboxylic acids is 1. The maximum atomic E-state index is 11.7. The van der Waals surface area contributed by atoms with E-state index in [1.165, 1.54) is 0 Å². The summed E-state index contributed by atoms with van der Waals surface area (Å²) in [5, 5.41) is 3.09. The van der Waals surface area contributed by atoms with E-state index in [1.54, 1.807) is 14.2 Å². The molecule has 0 amide bonds. The van der Waals surface area contributed by atoms with E-state index in [-0.39, 0.29) is 23.7 Å². The Morgan fingerprint density at radius 2 is 2.12 bits per heavy atom. The van der Waals surface area contributed by atoms with Gasteiger partial charge in [0.05, 0.1) is 18.3 Å². The van der Waals surface area contributed by atoms with Gasteiger partial charge < -0.3 is 19.5 Å². The molecule has 5 heteroatoms. The van der Waals surface area contributed by atoms with E-state index in [1.807, 2.05) is 13.8 Å². The Labute approximate surface area is 103 Å². The third-order valence-electron chi connectivity index (χ3n) is 3.21. The summed E-state index contributed by atoms with van der Waals surface area (Å²) in [6, 6.07) is -0.231. The van der Waals surface area contributed by atoms with E-state index in [2.05, 4.69) is 5.32 Å². The van der Waals surface area contributed by atoms with Gasteiger partial charge in [0.25, 0.3) is 0 Å². The molecule has 1 rings (SSSR count). The first-order valence-corrected chi connectivity index (χ1v) is 5.96. The van der Waals surface area contributed by atoms with E-state index < -0.39 is 0 Å². The van der Waals surface area contributed by atoms with Gasteiger partial charge in [-0.15, -0.1) is 0 Å². The number of methoxy groups -OCH3 is 2. The molecule has 2 atom stereocenters. The summed E-state index contributed by atoms with van der Waals surface area (Å²) in [5.41, 5.74) is -0.252. The monoisotopic (exact) mass is 245 g/mol. The van der Waals surface area contributed by atoms with Crippen molar-refractivity contribution in [3.05, 3.63) is 0 Å². The minimum Gasteiger partial charge on any atom is -0.464 e. The average molecular weight is 245 g/mol. The number of hydrogen-bond acceptors (Lipinski definition) is 5. The molecular weight excluding hydrogens is 222 g/mol. The number of nitrogens with one attached hydrogen (secondary N) is 1. The SMILES string of the molecule is COC1CNC(C(=O)OCCC(C)(C)OC)C1. The van der Waals surface area contributed by atoms with Crippen molar-refractivity contribution in [2.24, 2.45) is 0 Å². The molecule has 1 heterocycles. The van der Waals surface area contributed by atoms with Crippen molar-refractivity contribution in [1.29, 1.82) is 0 Å². The Morgan fingerprint density at radius 1 is 1.41 bits per heavy atom. The second kappa shape index (κ2) is 6.33. The summed E-state index contributed by atoms with van der Waals surface area (Å²) >= 11 is 0. The molecule has 100 valence electrons. The van der Waals surface area contributed by atoms with Crippen LogP contribution in [0.25, 0.3) is 0 Å². The maximum absolute atomic E-state index is 11.7. The molecule has 1 fully saturated rings. The summed E-state index contributed by atoms with van der Waals surface area (Å²) in [6.07, 6.45) is 1.49. The Balaban J connectivity index is 2.22. The Kier molecular flexibility index (Phi) is 5.36. The van der Waals surface area contributed by atoms with Gasteiger partial charge in [0, 0.05) is 33.6 Å². The van der Waals surface area contributed by atoms with Gasteiger partial charge in [-0.3, -0.25) is 4.79 Å². The zero-order valence-electron chi connectivity index (χ0n) is 11.1. The highest BCUT2D eigenvalue weighted by atomic mass is 16.5. The summed E-state index contributed by atoms with van der Waals surface area (Å²) in [5.74, 6) is -0.198. The van der Waals surface area contributed by atoms with E-state index in [4.69, 9.17) is 14.2 Å². The number of esters is 1. The fraction of sp³-hybridized carbons (Fsp3) is 0.917. The van der Waals surface area contributed by atoms with Crippen molar-refractivity contribution in [3.63, 3.8) is 0 Å². The Morgan fingerprint density at radius 3 is 2.65 bits per heavy atom. The summed E-state index contributed by atoms with van der Waals surface area (Å²) in [4.78, 5) is 11.7. The molecule has 0 saturated carbocycles. The fourth-order valence-electron chi connectivity index (χ4n) is 1.66. The van der Waals surface area contributed by atoms with Crippen LogP contribution in [0.2, 0.25) is 0 Å². The van der Waals surface area contributed by atoms with Gasteiger partial charge >= 0.3 is 5.97 Å². The molecule has 1 aliphatic rings. The molecule has 0 bridgehead atoms. The lowest BCUT2D eigenvalue weighted by atomic mass is 10.1. The molecule has 0 aromatic carbocycles. The minimum atomic E-state index is -0.252. The van der Waals surface area contributed by atoms with Crippen molar-refractivity contribution >= 4 is 5.97 Å². The lowest BCUT2D eigenvalue weighted by Gasteiger charge is -2.22. The van der Waals surface area contributed by atoms with Gasteiger partial charge in [0.1, 0.15) is 6.04 Å². The molecule has 5 nitrogen and oxygen atoms in total. The largest absolute Gasteiger partial charge is 0.464 e. The topological polar surface area (TPSA) is 56.8 Å². The Bertz CT molecular complexity index is 255. The van der Waals surface area contributed by atoms with E-state index in [9.17, 15) is 4.79 Å². The molecule has 0 spiro atoms. The summed E-state index contributed by atoms with van der Waals surface area (Å²) in [6.45, 7) is 5.03. The quantitative estimate of drug-likeness (QED) is 0.699. The maximum Gasteiger partial charge on any atom is 0.323 e. The van der Waals surface area contributed by atoms with E-state index in [0.717, 1.165) is 0 Å². The highest BCUT2D eigenvalue weighted by molar-refractivity contribution is 5.76. The van der Waals surface area contributed by atoms with Gasteiger partial charge in [-0.2, -0.15) is 0 Å². The first-order chi connectivity index (χ1) is 7.98. The van der Waals surface area contributed by atoms with Gasteiger partial charge in [0.2, 0.25) is 0 Å². The first-order valence-electron chi connectivity index (χ1n) is 5.96. The third-order valence-corrected chi connectivity index (χ3v) is 3.21. The molecule has 2 unspecified atom stereocenters. The van der Waals surface area contributed by atoms with Crippen LogP contribution in [0.15, 0.2) is 0 Å². The zero-order valence-corrected chi connectivity index (χ0v) is 11.1. The molecule has 0 aliphatic carbocycles. The van der Waals surface area contributed by atoms with Crippen LogP contribution >= 0.6 is 0 Å². The third kappa shape index (κ3) is 4.61. The van der Waals surface area contributed by atoms with Gasteiger partial charge in [0.15, 0.2) is 0 Å². The number of rotatable bonds is 6. The predicted molar refractivity (Wildman–Crippen MR) is 63.9 cm³/mol. The predicted octanol–water partition coefficient (Wildman–Crippen LogP) is 0.722. The number of ether oxygens (including phenoxy) is 3. The lowest BCUT2D eigenvalue weighted by molar-refractivity contribution is -0.147. The lowest BCUT2D eigenvalue weighted by Crippen LogP contribution is -2.34. The van der Waals surface area contributed by atoms with Gasteiger partial charge in [-0.25, -0.2) is 0 Å². The van der Waals surface area contributed by atoms with Crippen LogP contribution in [0.5, 0.6) is 0 Å². The average Bonchev–Trinajstić information content (AvgIpc) is 2.77. The molecule has 1 saturated heterocycles. The minimum absolute atomic E-state index is 0.114. The van der Waals surface area contributed by atoms with Gasteiger partial charge in [-0.1, -0.05) is 0 Å². The molecule has 1 N–H and O–H groups in total. The molecule has 0 aromatic heterocycles. The van der Waals surface area contributed by atoms with E-state index >= 15 is 0 Å². The molecular formula is C12H23NO4. The first kappa shape index (κ1) is 14.4. The fourth-order valence-corrected chi connectivity index (χ4v) is 1.66. The summed E-state index contributed by atoms with van der Waals surface area (Å²) < 4.78 is 15.6. The van der Waals surface area contributed by atoms with Crippen LogP contribution in [-0.2, 0) is 19.0 Å². The van der Waals surface area contributed by atoms with Crippen molar-refractivity contribution in [2.45, 2.75) is 44.4 Å². The normalized spacial score (nSPS) is 24.9. The van der Waals surface area contributed by atoms with E-state index in [0.29, 0.717) is 26.0 Å². The molecule has 0 radical (unpaired) electrons. The van der Waals surface area contributed by atoms with Crippen LogP contribution in [-0.4, -0.2) is 51.1 Å². The molecule has 1 aliphatic heterocycles. The van der Waals surface area contributed by atoms with Gasteiger partial charge in [-0.05, 0) is 13.8 Å². The van der Waals surface area contributed by atoms with Crippen molar-refractivity contribution in [2.75, 3.05) is 27.4 Å². The summed E-state index contributed by atoms with van der Waals surface area (Å²) in [7, 11) is 3.31. The van der Waals surface area contributed by atoms with Crippen molar-refractivity contribution in [1.82, 2.24) is 5.32 Å². The number of carbonyl (C=O) groups is 1. The van der Waals surface area contributed by atoms with Crippen LogP contribution in [0.3, 0.4) is 0 Å². The second-order valence-corrected chi connectivity index (χ2v) is 4.94. The van der Waals surface area contributed by atoms with Crippen LogP contribution in [0.1, 0.15) is 26.7 Å². The second-order valence-electron chi connectivity index (χ2n) is 4.94. The van der Waals surface area contributed by atoms with Crippen LogP contribution in [0, 0.1) is 0 Å².